The van der Waals surface area contributed by atoms with Gasteiger partial charge in [0, 0.05) is 19.5 Å². The van der Waals surface area contributed by atoms with E-state index in [0.717, 1.165) is 29.3 Å². The monoisotopic (exact) mass is 257 g/mol. The number of nitrogens with zero attached hydrogens (tertiary/aromatic N) is 2. The van der Waals surface area contributed by atoms with Crippen LogP contribution in [0.3, 0.4) is 0 Å². The summed E-state index contributed by atoms with van der Waals surface area (Å²) in [7, 11) is 1.94. The molecular weight excluding hydrogens is 234 g/mol. The van der Waals surface area contributed by atoms with Gasteiger partial charge in [0.05, 0.1) is 16.4 Å². The van der Waals surface area contributed by atoms with Crippen molar-refractivity contribution in [3.8, 4) is 0 Å². The van der Waals surface area contributed by atoms with Crippen LogP contribution < -0.4 is 5.73 Å². The molecule has 98 valence electrons. The molecule has 3 nitrogen and oxygen atoms in total. The van der Waals surface area contributed by atoms with E-state index in [1.807, 2.05) is 11.7 Å². The highest BCUT2D eigenvalue weighted by molar-refractivity contribution is 6.31. The van der Waals surface area contributed by atoms with Gasteiger partial charge < -0.3 is 5.73 Å². The van der Waals surface area contributed by atoms with Gasteiger partial charge >= 0.3 is 0 Å². The van der Waals surface area contributed by atoms with Gasteiger partial charge in [-0.1, -0.05) is 39.3 Å². The third-order valence-corrected chi connectivity index (χ3v) is 4.10. The molecule has 0 saturated carbocycles. The Morgan fingerprint density at radius 2 is 1.94 bits per heavy atom. The smallest absolute Gasteiger partial charge is 0.0850 e. The molecule has 1 rings (SSSR count). The number of rotatable bonds is 5. The van der Waals surface area contributed by atoms with Gasteiger partial charge in [0.15, 0.2) is 0 Å². The zero-order valence-electron chi connectivity index (χ0n) is 11.5. The Morgan fingerprint density at radius 3 is 2.35 bits per heavy atom. The molecule has 0 aliphatic heterocycles. The lowest BCUT2D eigenvalue weighted by Gasteiger charge is -2.23. The Hall–Kier alpha value is -0.540. The first-order chi connectivity index (χ1) is 7.88. The first-order valence-electron chi connectivity index (χ1n) is 6.34. The Labute approximate surface area is 109 Å². The number of hydrogen-bond donors (Lipinski definition) is 1. The minimum absolute atomic E-state index is 0.132. The molecule has 0 aromatic carbocycles. The molecule has 4 heteroatoms. The van der Waals surface area contributed by atoms with Crippen LogP contribution in [0.15, 0.2) is 0 Å². The largest absolute Gasteiger partial charge is 0.327 e. The van der Waals surface area contributed by atoms with Crippen molar-refractivity contribution in [1.29, 1.82) is 0 Å². The maximum Gasteiger partial charge on any atom is 0.0850 e. The average Bonchev–Trinajstić information content (AvgIpc) is 2.55. The van der Waals surface area contributed by atoms with Crippen molar-refractivity contribution in [2.24, 2.45) is 24.6 Å². The highest BCUT2D eigenvalue weighted by atomic mass is 35.5. The number of hydrogen-bond acceptors (Lipinski definition) is 2. The summed E-state index contributed by atoms with van der Waals surface area (Å²) in [5.74, 6) is 1.06. The van der Waals surface area contributed by atoms with Crippen LogP contribution >= 0.6 is 11.6 Å². The van der Waals surface area contributed by atoms with Crippen LogP contribution in [0.4, 0.5) is 0 Å². The standard InChI is InChI=1S/C13H24ClN3/c1-6-11-13(14)12(17(5)16-11)7-10(15)9(4)8(2)3/h8-10H,6-7,15H2,1-5H3. The van der Waals surface area contributed by atoms with Crippen molar-refractivity contribution in [2.45, 2.75) is 46.6 Å². The maximum atomic E-state index is 6.32. The molecule has 0 aliphatic carbocycles. The van der Waals surface area contributed by atoms with Crippen molar-refractivity contribution in [3.05, 3.63) is 16.4 Å². The van der Waals surface area contributed by atoms with Gasteiger partial charge in [-0.3, -0.25) is 4.68 Å². The second-order valence-electron chi connectivity index (χ2n) is 5.16. The molecular formula is C13H24ClN3. The predicted molar refractivity (Wildman–Crippen MR) is 73.3 cm³/mol. The van der Waals surface area contributed by atoms with Crippen LogP contribution in [0.25, 0.3) is 0 Å². The number of aromatic nitrogens is 2. The van der Waals surface area contributed by atoms with E-state index in [9.17, 15) is 0 Å². The topological polar surface area (TPSA) is 43.8 Å². The molecule has 2 atom stereocenters. The first kappa shape index (κ1) is 14.5. The fourth-order valence-electron chi connectivity index (χ4n) is 1.95. The summed E-state index contributed by atoms with van der Waals surface area (Å²) in [6, 6.07) is 0.132. The van der Waals surface area contributed by atoms with E-state index in [2.05, 4.69) is 32.8 Å². The van der Waals surface area contributed by atoms with Crippen molar-refractivity contribution in [2.75, 3.05) is 0 Å². The molecule has 17 heavy (non-hydrogen) atoms. The van der Waals surface area contributed by atoms with E-state index >= 15 is 0 Å². The summed E-state index contributed by atoms with van der Waals surface area (Å²) in [5, 5.41) is 5.21. The van der Waals surface area contributed by atoms with Gasteiger partial charge in [-0.15, -0.1) is 0 Å². The molecule has 0 radical (unpaired) electrons. The van der Waals surface area contributed by atoms with Crippen LogP contribution in [0.2, 0.25) is 5.02 Å². The third kappa shape index (κ3) is 3.23. The minimum atomic E-state index is 0.132. The van der Waals surface area contributed by atoms with Crippen LogP contribution in [0.1, 0.15) is 39.1 Å². The first-order valence-corrected chi connectivity index (χ1v) is 6.72. The summed E-state index contributed by atoms with van der Waals surface area (Å²) in [5.41, 5.74) is 8.26. The summed E-state index contributed by atoms with van der Waals surface area (Å²) in [4.78, 5) is 0. The normalized spacial score (nSPS) is 15.3. The quantitative estimate of drug-likeness (QED) is 0.882. The van der Waals surface area contributed by atoms with Crippen molar-refractivity contribution >= 4 is 11.6 Å². The minimum Gasteiger partial charge on any atom is -0.327 e. The van der Waals surface area contributed by atoms with Gasteiger partial charge in [-0.25, -0.2) is 0 Å². The van der Waals surface area contributed by atoms with E-state index in [-0.39, 0.29) is 6.04 Å². The molecule has 0 spiro atoms. The lowest BCUT2D eigenvalue weighted by molar-refractivity contribution is 0.340. The number of nitrogens with two attached hydrogens (primary N) is 1. The van der Waals surface area contributed by atoms with Crippen LogP contribution in [-0.2, 0) is 19.9 Å². The van der Waals surface area contributed by atoms with E-state index in [4.69, 9.17) is 17.3 Å². The molecule has 0 saturated heterocycles. The van der Waals surface area contributed by atoms with E-state index in [1.165, 1.54) is 0 Å². The highest BCUT2D eigenvalue weighted by Crippen LogP contribution is 2.24. The molecule has 0 aliphatic rings. The van der Waals surface area contributed by atoms with E-state index in [0.29, 0.717) is 11.8 Å². The maximum absolute atomic E-state index is 6.32. The van der Waals surface area contributed by atoms with E-state index in [1.54, 1.807) is 0 Å². The Kier molecular flexibility index (Phi) is 5.02. The van der Waals surface area contributed by atoms with E-state index < -0.39 is 0 Å². The Balaban J connectivity index is 2.84. The summed E-state index contributed by atoms with van der Waals surface area (Å²) >= 11 is 6.32. The van der Waals surface area contributed by atoms with Crippen LogP contribution in [0, 0.1) is 11.8 Å². The highest BCUT2D eigenvalue weighted by Gasteiger charge is 2.21. The molecule has 1 aromatic heterocycles. The van der Waals surface area contributed by atoms with Crippen molar-refractivity contribution in [3.63, 3.8) is 0 Å². The fraction of sp³-hybridized carbons (Fsp3) is 0.769. The Morgan fingerprint density at radius 1 is 1.35 bits per heavy atom. The van der Waals surface area contributed by atoms with Crippen LogP contribution in [-0.4, -0.2) is 15.8 Å². The van der Waals surface area contributed by atoms with Gasteiger partial charge in [-0.05, 0) is 18.3 Å². The van der Waals surface area contributed by atoms with Crippen LogP contribution in [0.5, 0.6) is 0 Å². The Bertz CT molecular complexity index is 371. The second kappa shape index (κ2) is 5.87. The average molecular weight is 258 g/mol. The summed E-state index contributed by atoms with van der Waals surface area (Å²) in [6.45, 7) is 8.66. The molecule has 1 aromatic rings. The second-order valence-corrected chi connectivity index (χ2v) is 5.53. The number of aryl methyl sites for hydroxylation is 2. The molecule has 0 fully saturated rings. The third-order valence-electron chi connectivity index (χ3n) is 3.66. The van der Waals surface area contributed by atoms with Gasteiger partial charge in [0.25, 0.3) is 0 Å². The molecule has 0 bridgehead atoms. The van der Waals surface area contributed by atoms with Crippen molar-refractivity contribution < 1.29 is 0 Å². The lowest BCUT2D eigenvalue weighted by Crippen LogP contribution is -2.34. The summed E-state index contributed by atoms with van der Waals surface area (Å²) in [6.07, 6.45) is 1.66. The van der Waals surface area contributed by atoms with Gasteiger partial charge in [0.1, 0.15) is 0 Å². The van der Waals surface area contributed by atoms with Gasteiger partial charge in [-0.2, -0.15) is 5.10 Å². The molecule has 0 amide bonds. The SMILES string of the molecule is CCc1nn(C)c(CC(N)C(C)C(C)C)c1Cl. The zero-order chi connectivity index (χ0) is 13.2. The zero-order valence-corrected chi connectivity index (χ0v) is 12.3. The fourth-order valence-corrected chi connectivity index (χ4v) is 2.32. The molecule has 1 heterocycles. The lowest BCUT2D eigenvalue weighted by atomic mass is 9.88. The summed E-state index contributed by atoms with van der Waals surface area (Å²) < 4.78 is 1.87. The van der Waals surface area contributed by atoms with Crippen molar-refractivity contribution in [1.82, 2.24) is 9.78 Å². The predicted octanol–water partition coefficient (Wildman–Crippen LogP) is 2.80. The van der Waals surface area contributed by atoms with Gasteiger partial charge in [0.2, 0.25) is 0 Å². The molecule has 2 N–H and O–H groups in total. The molecule has 2 unspecified atom stereocenters. The number of halogens is 1.